The predicted molar refractivity (Wildman–Crippen MR) is 69.1 cm³/mol. The van der Waals surface area contributed by atoms with Gasteiger partial charge in [-0.3, -0.25) is 0 Å². The first-order valence-corrected chi connectivity index (χ1v) is 5.91. The van der Waals surface area contributed by atoms with Crippen LogP contribution in [0, 0.1) is 5.92 Å². The van der Waals surface area contributed by atoms with Crippen LogP contribution in [-0.2, 0) is 12.8 Å². The van der Waals surface area contributed by atoms with Crippen LogP contribution < -0.4 is 0 Å². The van der Waals surface area contributed by atoms with E-state index in [0.29, 0.717) is 5.92 Å². The van der Waals surface area contributed by atoms with Crippen molar-refractivity contribution < 1.29 is 0 Å². The van der Waals surface area contributed by atoms with E-state index >= 15 is 0 Å². The Morgan fingerprint density at radius 3 is 2.33 bits per heavy atom. The van der Waals surface area contributed by atoms with Crippen LogP contribution in [0.4, 0.5) is 0 Å². The van der Waals surface area contributed by atoms with Crippen molar-refractivity contribution in [2.24, 2.45) is 5.92 Å². The normalized spacial score (nSPS) is 10.7. The summed E-state index contributed by atoms with van der Waals surface area (Å²) < 4.78 is 0. The molecule has 0 heteroatoms. The van der Waals surface area contributed by atoms with Crippen LogP contribution in [-0.4, -0.2) is 0 Å². The SMILES string of the molecule is C=C(c1ccc(CC)cc1CC)C(C)C. The Kier molecular flexibility index (Phi) is 4.14. The quantitative estimate of drug-likeness (QED) is 0.675. The van der Waals surface area contributed by atoms with Gasteiger partial charge >= 0.3 is 0 Å². The lowest BCUT2D eigenvalue weighted by Gasteiger charge is -2.15. The van der Waals surface area contributed by atoms with Crippen molar-refractivity contribution in [3.8, 4) is 0 Å². The van der Waals surface area contributed by atoms with E-state index in [4.69, 9.17) is 0 Å². The summed E-state index contributed by atoms with van der Waals surface area (Å²) in [6.45, 7) is 13.0. The van der Waals surface area contributed by atoms with Gasteiger partial charge in [-0.2, -0.15) is 0 Å². The Morgan fingerprint density at radius 1 is 1.20 bits per heavy atom. The zero-order valence-corrected chi connectivity index (χ0v) is 10.4. The zero-order chi connectivity index (χ0) is 11.4. The lowest BCUT2D eigenvalue weighted by Crippen LogP contribution is -1.98. The molecule has 0 heterocycles. The molecule has 0 spiro atoms. The fraction of sp³-hybridized carbons (Fsp3) is 0.467. The first-order chi connectivity index (χ1) is 7.10. The van der Waals surface area contributed by atoms with Crippen LogP contribution in [0.3, 0.4) is 0 Å². The van der Waals surface area contributed by atoms with Gasteiger partial charge in [0, 0.05) is 0 Å². The highest BCUT2D eigenvalue weighted by Gasteiger charge is 2.08. The fourth-order valence-corrected chi connectivity index (χ4v) is 1.78. The highest BCUT2D eigenvalue weighted by molar-refractivity contribution is 5.68. The number of allylic oxidation sites excluding steroid dienone is 1. The van der Waals surface area contributed by atoms with Crippen molar-refractivity contribution in [2.75, 3.05) is 0 Å². The van der Waals surface area contributed by atoms with E-state index in [1.165, 1.54) is 22.3 Å². The Morgan fingerprint density at radius 2 is 1.87 bits per heavy atom. The average Bonchev–Trinajstić information content (AvgIpc) is 2.27. The summed E-state index contributed by atoms with van der Waals surface area (Å²) in [7, 11) is 0. The second-order valence-corrected chi connectivity index (χ2v) is 4.38. The van der Waals surface area contributed by atoms with Crippen molar-refractivity contribution in [2.45, 2.75) is 40.5 Å². The molecule has 82 valence electrons. The summed E-state index contributed by atoms with van der Waals surface area (Å²) in [5, 5.41) is 0. The molecule has 0 aliphatic heterocycles. The summed E-state index contributed by atoms with van der Waals surface area (Å²) in [6.07, 6.45) is 2.20. The number of rotatable bonds is 4. The third-order valence-corrected chi connectivity index (χ3v) is 3.00. The minimum absolute atomic E-state index is 0.530. The van der Waals surface area contributed by atoms with Gasteiger partial charge in [0.2, 0.25) is 0 Å². The number of aryl methyl sites for hydroxylation is 2. The molecule has 0 saturated heterocycles. The van der Waals surface area contributed by atoms with E-state index in [0.717, 1.165) is 12.8 Å². The average molecular weight is 202 g/mol. The minimum atomic E-state index is 0.530. The highest BCUT2D eigenvalue weighted by atomic mass is 14.1. The van der Waals surface area contributed by atoms with Crippen molar-refractivity contribution in [1.82, 2.24) is 0 Å². The molecule has 0 bridgehead atoms. The summed E-state index contributed by atoms with van der Waals surface area (Å²) in [4.78, 5) is 0. The van der Waals surface area contributed by atoms with E-state index in [1.54, 1.807) is 0 Å². The van der Waals surface area contributed by atoms with Crippen molar-refractivity contribution >= 4 is 5.57 Å². The number of benzene rings is 1. The smallest absolute Gasteiger partial charge is 0.0196 e. The molecular weight excluding hydrogens is 180 g/mol. The van der Waals surface area contributed by atoms with E-state index < -0.39 is 0 Å². The lowest BCUT2D eigenvalue weighted by atomic mass is 9.90. The molecule has 15 heavy (non-hydrogen) atoms. The fourth-order valence-electron chi connectivity index (χ4n) is 1.78. The van der Waals surface area contributed by atoms with Crippen molar-refractivity contribution in [1.29, 1.82) is 0 Å². The van der Waals surface area contributed by atoms with Gasteiger partial charge in [0.05, 0.1) is 0 Å². The maximum Gasteiger partial charge on any atom is -0.0196 e. The molecule has 0 atom stereocenters. The summed E-state index contributed by atoms with van der Waals surface area (Å²) in [5.74, 6) is 0.530. The van der Waals surface area contributed by atoms with Gasteiger partial charge in [0.15, 0.2) is 0 Å². The monoisotopic (exact) mass is 202 g/mol. The van der Waals surface area contributed by atoms with Crippen LogP contribution in [0.1, 0.15) is 44.4 Å². The van der Waals surface area contributed by atoms with Gasteiger partial charge in [0.25, 0.3) is 0 Å². The van der Waals surface area contributed by atoms with Gasteiger partial charge in [-0.15, -0.1) is 0 Å². The molecule has 1 rings (SSSR count). The van der Waals surface area contributed by atoms with Crippen LogP contribution in [0.15, 0.2) is 24.8 Å². The molecule has 1 aromatic carbocycles. The molecule has 0 aliphatic rings. The summed E-state index contributed by atoms with van der Waals surface area (Å²) in [5.41, 5.74) is 5.47. The second kappa shape index (κ2) is 5.16. The Balaban J connectivity index is 3.13. The molecule has 0 aliphatic carbocycles. The second-order valence-electron chi connectivity index (χ2n) is 4.38. The zero-order valence-electron chi connectivity index (χ0n) is 10.4. The van der Waals surface area contributed by atoms with Crippen LogP contribution in [0.5, 0.6) is 0 Å². The maximum absolute atomic E-state index is 4.19. The van der Waals surface area contributed by atoms with E-state index in [-0.39, 0.29) is 0 Å². The first kappa shape index (κ1) is 12.0. The molecular formula is C15H22. The molecule has 0 nitrogen and oxygen atoms in total. The van der Waals surface area contributed by atoms with Crippen LogP contribution in [0.2, 0.25) is 0 Å². The van der Waals surface area contributed by atoms with Crippen LogP contribution in [0.25, 0.3) is 5.57 Å². The van der Waals surface area contributed by atoms with Crippen LogP contribution >= 0.6 is 0 Å². The van der Waals surface area contributed by atoms with Gasteiger partial charge in [0.1, 0.15) is 0 Å². The molecule has 0 unspecified atom stereocenters. The first-order valence-electron chi connectivity index (χ1n) is 5.91. The summed E-state index contributed by atoms with van der Waals surface area (Å²) in [6, 6.07) is 6.78. The van der Waals surface area contributed by atoms with E-state index in [2.05, 4.69) is 52.5 Å². The summed E-state index contributed by atoms with van der Waals surface area (Å²) >= 11 is 0. The van der Waals surface area contributed by atoms with Gasteiger partial charge < -0.3 is 0 Å². The van der Waals surface area contributed by atoms with Crippen molar-refractivity contribution in [3.63, 3.8) is 0 Å². The molecule has 0 amide bonds. The molecule has 0 aromatic heterocycles. The van der Waals surface area contributed by atoms with E-state index in [1.807, 2.05) is 0 Å². The molecule has 0 fully saturated rings. The standard InChI is InChI=1S/C15H22/c1-6-13-8-9-15(12(5)11(3)4)14(7-2)10-13/h8-11H,5-7H2,1-4H3. The van der Waals surface area contributed by atoms with Gasteiger partial charge in [-0.1, -0.05) is 52.5 Å². The third kappa shape index (κ3) is 2.71. The topological polar surface area (TPSA) is 0 Å². The lowest BCUT2D eigenvalue weighted by molar-refractivity contribution is 0.854. The molecule has 0 N–H and O–H groups in total. The molecule has 0 radical (unpaired) electrons. The Labute approximate surface area is 94.0 Å². The van der Waals surface area contributed by atoms with Crippen molar-refractivity contribution in [3.05, 3.63) is 41.5 Å². The third-order valence-electron chi connectivity index (χ3n) is 3.00. The number of hydrogen-bond acceptors (Lipinski definition) is 0. The number of hydrogen-bond donors (Lipinski definition) is 0. The van der Waals surface area contributed by atoms with E-state index in [9.17, 15) is 0 Å². The minimum Gasteiger partial charge on any atom is -0.0950 e. The Bertz CT molecular complexity index is 345. The highest BCUT2D eigenvalue weighted by Crippen LogP contribution is 2.25. The van der Waals surface area contributed by atoms with Gasteiger partial charge in [-0.25, -0.2) is 0 Å². The van der Waals surface area contributed by atoms with Gasteiger partial charge in [-0.05, 0) is 41.0 Å². The Hall–Kier alpha value is -1.04. The predicted octanol–water partition coefficient (Wildman–Crippen LogP) is 4.48. The molecule has 1 aromatic rings. The molecule has 0 saturated carbocycles. The maximum atomic E-state index is 4.19. The largest absolute Gasteiger partial charge is 0.0950 e.